The molecule has 1 aliphatic rings. The smallest absolute Gasteiger partial charge is 0.217 e. The van der Waals surface area contributed by atoms with E-state index in [9.17, 15) is 4.79 Å². The van der Waals surface area contributed by atoms with Crippen LogP contribution in [0.1, 0.15) is 43.9 Å². The number of carbonyl (C=O) groups excluding carboxylic acids is 1. The van der Waals surface area contributed by atoms with Crippen LogP contribution in [-0.2, 0) is 24.8 Å². The molecular formula is C15H26N4O. The first-order valence-corrected chi connectivity index (χ1v) is 7.60. The van der Waals surface area contributed by atoms with E-state index in [1.54, 1.807) is 0 Å². The molecule has 5 heteroatoms. The van der Waals surface area contributed by atoms with Gasteiger partial charge in [0.2, 0.25) is 5.91 Å². The van der Waals surface area contributed by atoms with Crippen LogP contribution in [0.4, 0.5) is 0 Å². The van der Waals surface area contributed by atoms with Crippen LogP contribution in [0.15, 0.2) is 6.20 Å². The normalized spacial score (nSPS) is 20.8. The number of nitrogens with two attached hydrogens (primary N) is 1. The largest absolute Gasteiger partial charge is 0.370 e. The van der Waals surface area contributed by atoms with Gasteiger partial charge in [-0.1, -0.05) is 6.92 Å². The summed E-state index contributed by atoms with van der Waals surface area (Å²) in [6.45, 7) is 5.28. The van der Waals surface area contributed by atoms with Crippen LogP contribution in [0, 0.1) is 5.92 Å². The summed E-state index contributed by atoms with van der Waals surface area (Å²) in [7, 11) is 1.98. The minimum Gasteiger partial charge on any atom is -0.370 e. The number of aryl methyl sites for hydroxylation is 2. The summed E-state index contributed by atoms with van der Waals surface area (Å²) in [5.41, 5.74) is 7.85. The number of likely N-dealkylation sites (tertiary alicyclic amines) is 1. The molecular weight excluding hydrogens is 252 g/mol. The monoisotopic (exact) mass is 278 g/mol. The molecule has 2 rings (SSSR count). The molecule has 1 saturated heterocycles. The Kier molecular flexibility index (Phi) is 5.17. The van der Waals surface area contributed by atoms with E-state index in [2.05, 4.69) is 23.1 Å². The summed E-state index contributed by atoms with van der Waals surface area (Å²) in [6.07, 6.45) is 7.00. The molecule has 112 valence electrons. The molecule has 0 aliphatic carbocycles. The third kappa shape index (κ3) is 4.07. The average molecular weight is 278 g/mol. The molecule has 1 fully saturated rings. The Hall–Kier alpha value is -1.36. The predicted molar refractivity (Wildman–Crippen MR) is 79.0 cm³/mol. The van der Waals surface area contributed by atoms with Gasteiger partial charge in [0.25, 0.3) is 0 Å². The van der Waals surface area contributed by atoms with Crippen LogP contribution in [0.2, 0.25) is 0 Å². The van der Waals surface area contributed by atoms with Crippen LogP contribution >= 0.6 is 0 Å². The fourth-order valence-corrected chi connectivity index (χ4v) is 3.13. The van der Waals surface area contributed by atoms with E-state index in [0.717, 1.165) is 45.3 Å². The Labute approximate surface area is 121 Å². The quantitative estimate of drug-likeness (QED) is 0.887. The lowest BCUT2D eigenvalue weighted by molar-refractivity contribution is -0.119. The van der Waals surface area contributed by atoms with E-state index in [-0.39, 0.29) is 5.91 Å². The van der Waals surface area contributed by atoms with Gasteiger partial charge in [0.1, 0.15) is 0 Å². The molecule has 1 aromatic heterocycles. The molecule has 0 radical (unpaired) electrons. The minimum absolute atomic E-state index is 0.163. The molecule has 2 heterocycles. The molecule has 5 nitrogen and oxygen atoms in total. The van der Waals surface area contributed by atoms with Crippen molar-refractivity contribution in [3.63, 3.8) is 0 Å². The summed E-state index contributed by atoms with van der Waals surface area (Å²) >= 11 is 0. The van der Waals surface area contributed by atoms with Crippen molar-refractivity contribution in [3.8, 4) is 0 Å². The zero-order valence-corrected chi connectivity index (χ0v) is 12.6. The molecule has 1 amide bonds. The van der Waals surface area contributed by atoms with Gasteiger partial charge in [-0.3, -0.25) is 14.4 Å². The lowest BCUT2D eigenvalue weighted by Gasteiger charge is -2.19. The Morgan fingerprint density at radius 2 is 2.25 bits per heavy atom. The van der Waals surface area contributed by atoms with E-state index < -0.39 is 0 Å². The lowest BCUT2D eigenvalue weighted by Crippen LogP contribution is -2.25. The van der Waals surface area contributed by atoms with E-state index >= 15 is 0 Å². The summed E-state index contributed by atoms with van der Waals surface area (Å²) in [5, 5.41) is 4.50. The maximum atomic E-state index is 11.0. The molecule has 1 atom stereocenters. The number of carbonyl (C=O) groups is 1. The fraction of sp³-hybridized carbons (Fsp3) is 0.733. The molecule has 0 aromatic carbocycles. The van der Waals surface area contributed by atoms with Crippen molar-refractivity contribution >= 4 is 5.91 Å². The molecule has 2 N–H and O–H groups in total. The third-order valence-corrected chi connectivity index (χ3v) is 4.15. The Balaban J connectivity index is 1.92. The topological polar surface area (TPSA) is 64.2 Å². The van der Waals surface area contributed by atoms with Gasteiger partial charge in [0, 0.05) is 31.8 Å². The molecule has 1 unspecified atom stereocenters. The number of nitrogens with zero attached hydrogens (tertiary/aromatic N) is 3. The van der Waals surface area contributed by atoms with Gasteiger partial charge in [-0.15, -0.1) is 0 Å². The highest BCUT2D eigenvalue weighted by molar-refractivity contribution is 5.73. The maximum absolute atomic E-state index is 11.0. The van der Waals surface area contributed by atoms with Crippen LogP contribution in [0.25, 0.3) is 0 Å². The van der Waals surface area contributed by atoms with E-state index in [1.807, 2.05) is 11.7 Å². The second kappa shape index (κ2) is 6.88. The van der Waals surface area contributed by atoms with Crippen molar-refractivity contribution in [2.75, 3.05) is 13.1 Å². The predicted octanol–water partition coefficient (Wildman–Crippen LogP) is 1.46. The first kappa shape index (κ1) is 15.0. The Bertz CT molecular complexity index is 455. The number of hydrogen-bond acceptors (Lipinski definition) is 3. The van der Waals surface area contributed by atoms with Gasteiger partial charge in [-0.05, 0) is 44.7 Å². The van der Waals surface area contributed by atoms with E-state index in [1.165, 1.54) is 11.3 Å². The van der Waals surface area contributed by atoms with Crippen LogP contribution in [0.3, 0.4) is 0 Å². The molecule has 1 aromatic rings. The fourth-order valence-electron chi connectivity index (χ4n) is 3.13. The highest BCUT2D eigenvalue weighted by atomic mass is 16.1. The average Bonchev–Trinajstić information content (AvgIpc) is 2.59. The second-order valence-corrected chi connectivity index (χ2v) is 5.87. The zero-order chi connectivity index (χ0) is 14.5. The number of rotatable bonds is 5. The maximum Gasteiger partial charge on any atom is 0.217 e. The standard InChI is InChI=1S/C15H26N4O/c1-3-14-13(10-18(2)17-14)11-19-7-4-5-12(6-8-19)9-15(16)20/h10,12H,3-9,11H2,1-2H3,(H2,16,20). The first-order valence-electron chi connectivity index (χ1n) is 7.60. The van der Waals surface area contributed by atoms with Crippen molar-refractivity contribution in [2.24, 2.45) is 18.7 Å². The van der Waals surface area contributed by atoms with Gasteiger partial charge < -0.3 is 5.73 Å². The highest BCUT2D eigenvalue weighted by Crippen LogP contribution is 2.22. The summed E-state index contributed by atoms with van der Waals surface area (Å²) in [4.78, 5) is 13.5. The molecule has 0 spiro atoms. The van der Waals surface area contributed by atoms with Gasteiger partial charge in [-0.25, -0.2) is 0 Å². The number of primary amides is 1. The molecule has 20 heavy (non-hydrogen) atoms. The van der Waals surface area contributed by atoms with Crippen LogP contribution < -0.4 is 5.73 Å². The van der Waals surface area contributed by atoms with Crippen molar-refractivity contribution < 1.29 is 4.79 Å². The van der Waals surface area contributed by atoms with Crippen molar-refractivity contribution in [2.45, 2.75) is 45.6 Å². The second-order valence-electron chi connectivity index (χ2n) is 5.87. The highest BCUT2D eigenvalue weighted by Gasteiger charge is 2.19. The van der Waals surface area contributed by atoms with Gasteiger partial charge in [-0.2, -0.15) is 5.10 Å². The van der Waals surface area contributed by atoms with Gasteiger partial charge >= 0.3 is 0 Å². The zero-order valence-electron chi connectivity index (χ0n) is 12.6. The van der Waals surface area contributed by atoms with Crippen LogP contribution in [0.5, 0.6) is 0 Å². The summed E-state index contributed by atoms with van der Waals surface area (Å²) < 4.78 is 1.90. The number of aromatic nitrogens is 2. The minimum atomic E-state index is -0.163. The van der Waals surface area contributed by atoms with E-state index in [0.29, 0.717) is 12.3 Å². The van der Waals surface area contributed by atoms with Gasteiger partial charge in [0.05, 0.1) is 5.69 Å². The van der Waals surface area contributed by atoms with Crippen molar-refractivity contribution in [1.29, 1.82) is 0 Å². The first-order chi connectivity index (χ1) is 9.58. The SMILES string of the molecule is CCc1nn(C)cc1CN1CCCC(CC(N)=O)CC1. The van der Waals surface area contributed by atoms with Crippen LogP contribution in [-0.4, -0.2) is 33.7 Å². The van der Waals surface area contributed by atoms with Gasteiger partial charge in [0.15, 0.2) is 0 Å². The summed E-state index contributed by atoms with van der Waals surface area (Å²) in [5.74, 6) is 0.307. The molecule has 1 aliphatic heterocycles. The third-order valence-electron chi connectivity index (χ3n) is 4.15. The number of amides is 1. The molecule has 0 bridgehead atoms. The summed E-state index contributed by atoms with van der Waals surface area (Å²) in [6, 6.07) is 0. The Morgan fingerprint density at radius 1 is 1.45 bits per heavy atom. The lowest BCUT2D eigenvalue weighted by atomic mass is 9.97. The Morgan fingerprint density at radius 3 is 2.95 bits per heavy atom. The van der Waals surface area contributed by atoms with E-state index in [4.69, 9.17) is 5.73 Å². The molecule has 0 saturated carbocycles. The van der Waals surface area contributed by atoms with Crippen molar-refractivity contribution in [3.05, 3.63) is 17.5 Å². The van der Waals surface area contributed by atoms with Crippen molar-refractivity contribution in [1.82, 2.24) is 14.7 Å². The number of hydrogen-bond donors (Lipinski definition) is 1.